The van der Waals surface area contributed by atoms with E-state index in [4.69, 9.17) is 0 Å². The van der Waals surface area contributed by atoms with Crippen LogP contribution in [0.5, 0.6) is 0 Å². The van der Waals surface area contributed by atoms with Gasteiger partial charge in [0, 0.05) is 19.0 Å². The molecule has 7 heteroatoms. The number of amides is 1. The average Bonchev–Trinajstić information content (AvgIpc) is 3.15. The molecule has 1 aliphatic rings. The largest absolute Gasteiger partial charge is 0.353 e. The molecule has 1 saturated carbocycles. The van der Waals surface area contributed by atoms with Crippen LogP contribution in [0.4, 0.5) is 0 Å². The highest BCUT2D eigenvalue weighted by atomic mass is 16.2. The molecule has 25 heavy (non-hydrogen) atoms. The van der Waals surface area contributed by atoms with Crippen LogP contribution in [0.15, 0.2) is 11.0 Å². The Kier molecular flexibility index (Phi) is 4.67. The first-order valence-corrected chi connectivity index (χ1v) is 9.02. The van der Waals surface area contributed by atoms with E-state index in [9.17, 15) is 9.59 Å². The number of carbonyl (C=O) groups is 1. The highest BCUT2D eigenvalue weighted by molar-refractivity contribution is 5.76. The molecule has 0 aromatic carbocycles. The standard InChI is InChI=1S/C18H27N5O2/c1-12-20-16-14(11-19-23(16)18(2,3)4)17(25)22(12)10-9-15(24)21-13-7-5-6-8-13/h11,13H,5-10H2,1-4H3,(H,21,24). The normalized spacial score (nSPS) is 15.8. The van der Waals surface area contributed by atoms with Gasteiger partial charge in [0.25, 0.3) is 5.56 Å². The lowest BCUT2D eigenvalue weighted by Crippen LogP contribution is -2.34. The molecule has 3 rings (SSSR count). The highest BCUT2D eigenvalue weighted by Gasteiger charge is 2.21. The quantitative estimate of drug-likeness (QED) is 0.920. The van der Waals surface area contributed by atoms with Crippen molar-refractivity contribution >= 4 is 16.9 Å². The number of aryl methyl sites for hydroxylation is 1. The van der Waals surface area contributed by atoms with Crippen molar-refractivity contribution in [3.8, 4) is 0 Å². The van der Waals surface area contributed by atoms with E-state index in [0.29, 0.717) is 29.4 Å². The molecule has 0 bridgehead atoms. The van der Waals surface area contributed by atoms with E-state index in [0.717, 1.165) is 12.8 Å². The van der Waals surface area contributed by atoms with Crippen molar-refractivity contribution in [2.45, 2.75) is 77.9 Å². The summed E-state index contributed by atoms with van der Waals surface area (Å²) in [6, 6.07) is 0.302. The lowest BCUT2D eigenvalue weighted by Gasteiger charge is -2.20. The molecular weight excluding hydrogens is 318 g/mol. The lowest BCUT2D eigenvalue weighted by molar-refractivity contribution is -0.122. The first kappa shape index (κ1) is 17.6. The Balaban J connectivity index is 1.80. The molecule has 0 spiro atoms. The van der Waals surface area contributed by atoms with Gasteiger partial charge in [0.2, 0.25) is 5.91 Å². The summed E-state index contributed by atoms with van der Waals surface area (Å²) in [6.45, 7) is 8.21. The monoisotopic (exact) mass is 345 g/mol. The van der Waals surface area contributed by atoms with Crippen LogP contribution in [0, 0.1) is 6.92 Å². The summed E-state index contributed by atoms with van der Waals surface area (Å²) in [5, 5.41) is 7.89. The highest BCUT2D eigenvalue weighted by Crippen LogP contribution is 2.19. The fraction of sp³-hybridized carbons (Fsp3) is 0.667. The van der Waals surface area contributed by atoms with Crippen LogP contribution in [-0.4, -0.2) is 31.3 Å². The Morgan fingerprint density at radius 3 is 2.64 bits per heavy atom. The van der Waals surface area contributed by atoms with Crippen LogP contribution in [0.1, 0.15) is 58.7 Å². The zero-order chi connectivity index (χ0) is 18.2. The molecule has 1 aliphatic carbocycles. The molecule has 1 amide bonds. The summed E-state index contributed by atoms with van der Waals surface area (Å²) in [6.07, 6.45) is 6.35. The molecule has 136 valence electrons. The number of aromatic nitrogens is 4. The number of carbonyl (C=O) groups excluding carboxylic acids is 1. The zero-order valence-electron chi connectivity index (χ0n) is 15.5. The van der Waals surface area contributed by atoms with Gasteiger partial charge in [-0.1, -0.05) is 12.8 Å². The molecule has 2 heterocycles. The number of nitrogens with zero attached hydrogens (tertiary/aromatic N) is 4. The van der Waals surface area contributed by atoms with Gasteiger partial charge in [-0.2, -0.15) is 5.10 Å². The van der Waals surface area contributed by atoms with Crippen LogP contribution in [0.3, 0.4) is 0 Å². The minimum absolute atomic E-state index is 0.00341. The van der Waals surface area contributed by atoms with Crippen molar-refractivity contribution < 1.29 is 4.79 Å². The first-order valence-electron chi connectivity index (χ1n) is 9.02. The molecule has 0 aliphatic heterocycles. The second-order valence-electron chi connectivity index (χ2n) is 7.88. The van der Waals surface area contributed by atoms with E-state index in [2.05, 4.69) is 15.4 Å². The molecule has 0 atom stereocenters. The van der Waals surface area contributed by atoms with Gasteiger partial charge in [0.15, 0.2) is 5.65 Å². The summed E-state index contributed by atoms with van der Waals surface area (Å²) in [5.74, 6) is 0.612. The molecule has 0 unspecified atom stereocenters. The van der Waals surface area contributed by atoms with Crippen molar-refractivity contribution in [2.24, 2.45) is 0 Å². The molecule has 1 fully saturated rings. The number of hydrogen-bond acceptors (Lipinski definition) is 4. The SMILES string of the molecule is Cc1nc2c(cnn2C(C)(C)C)c(=O)n1CCC(=O)NC1CCCC1. The van der Waals surface area contributed by atoms with Crippen molar-refractivity contribution in [1.29, 1.82) is 0 Å². The van der Waals surface area contributed by atoms with Gasteiger partial charge in [-0.05, 0) is 40.5 Å². The third-order valence-electron chi connectivity index (χ3n) is 4.80. The summed E-state index contributed by atoms with van der Waals surface area (Å²) in [4.78, 5) is 29.5. The number of nitrogens with one attached hydrogen (secondary N) is 1. The van der Waals surface area contributed by atoms with E-state index >= 15 is 0 Å². The molecule has 0 radical (unpaired) electrons. The molecular formula is C18H27N5O2. The second kappa shape index (κ2) is 6.61. The molecule has 2 aromatic rings. The van der Waals surface area contributed by atoms with Gasteiger partial charge in [-0.15, -0.1) is 0 Å². The minimum atomic E-state index is -0.249. The second-order valence-corrected chi connectivity index (χ2v) is 7.88. The van der Waals surface area contributed by atoms with E-state index in [1.807, 2.05) is 20.8 Å². The summed E-state index contributed by atoms with van der Waals surface area (Å²) >= 11 is 0. The number of fused-ring (bicyclic) bond motifs is 1. The summed E-state index contributed by atoms with van der Waals surface area (Å²) in [5.41, 5.74) is 0.217. The third kappa shape index (κ3) is 3.60. The average molecular weight is 345 g/mol. The van der Waals surface area contributed by atoms with E-state index in [-0.39, 0.29) is 23.4 Å². The van der Waals surface area contributed by atoms with Crippen LogP contribution in [-0.2, 0) is 16.9 Å². The maximum atomic E-state index is 12.8. The minimum Gasteiger partial charge on any atom is -0.353 e. The molecule has 1 N–H and O–H groups in total. The predicted molar refractivity (Wildman–Crippen MR) is 96.5 cm³/mol. The Morgan fingerprint density at radius 2 is 2.00 bits per heavy atom. The third-order valence-corrected chi connectivity index (χ3v) is 4.80. The van der Waals surface area contributed by atoms with Gasteiger partial charge in [0.05, 0.1) is 11.7 Å². The zero-order valence-corrected chi connectivity index (χ0v) is 15.5. The molecule has 7 nitrogen and oxygen atoms in total. The Morgan fingerprint density at radius 1 is 1.32 bits per heavy atom. The first-order chi connectivity index (χ1) is 11.8. The van der Waals surface area contributed by atoms with Crippen molar-refractivity contribution in [3.05, 3.63) is 22.4 Å². The Hall–Kier alpha value is -2.18. The van der Waals surface area contributed by atoms with Gasteiger partial charge in [0.1, 0.15) is 11.2 Å². The van der Waals surface area contributed by atoms with Crippen molar-refractivity contribution in [2.75, 3.05) is 0 Å². The van der Waals surface area contributed by atoms with Gasteiger partial charge >= 0.3 is 0 Å². The van der Waals surface area contributed by atoms with E-state index in [1.54, 1.807) is 22.4 Å². The van der Waals surface area contributed by atoms with Gasteiger partial charge in [-0.25, -0.2) is 9.67 Å². The fourth-order valence-electron chi connectivity index (χ4n) is 3.44. The lowest BCUT2D eigenvalue weighted by atomic mass is 10.1. The smallest absolute Gasteiger partial charge is 0.264 e. The maximum absolute atomic E-state index is 12.8. The van der Waals surface area contributed by atoms with Crippen molar-refractivity contribution in [3.63, 3.8) is 0 Å². The number of rotatable bonds is 4. The topological polar surface area (TPSA) is 81.8 Å². The van der Waals surface area contributed by atoms with E-state index < -0.39 is 0 Å². The Labute approximate surface area is 147 Å². The van der Waals surface area contributed by atoms with Crippen LogP contribution >= 0.6 is 0 Å². The fourth-order valence-corrected chi connectivity index (χ4v) is 3.44. The maximum Gasteiger partial charge on any atom is 0.264 e. The number of hydrogen-bond donors (Lipinski definition) is 1. The van der Waals surface area contributed by atoms with Crippen LogP contribution in [0.2, 0.25) is 0 Å². The van der Waals surface area contributed by atoms with Crippen LogP contribution in [0.25, 0.3) is 11.0 Å². The molecule has 0 saturated heterocycles. The molecule has 2 aromatic heterocycles. The van der Waals surface area contributed by atoms with Crippen LogP contribution < -0.4 is 10.9 Å². The van der Waals surface area contributed by atoms with Gasteiger partial charge < -0.3 is 5.32 Å². The summed E-state index contributed by atoms with van der Waals surface area (Å²) < 4.78 is 3.35. The van der Waals surface area contributed by atoms with Gasteiger partial charge in [-0.3, -0.25) is 14.2 Å². The predicted octanol–water partition coefficient (Wildman–Crippen LogP) is 2.11. The van der Waals surface area contributed by atoms with E-state index in [1.165, 1.54) is 12.8 Å². The Bertz CT molecular complexity index is 837. The van der Waals surface area contributed by atoms with Crippen molar-refractivity contribution in [1.82, 2.24) is 24.6 Å². The summed E-state index contributed by atoms with van der Waals surface area (Å²) in [7, 11) is 0.